The highest BCUT2D eigenvalue weighted by Gasteiger charge is 2.22. The van der Waals surface area contributed by atoms with Crippen molar-refractivity contribution < 1.29 is 9.47 Å². The fourth-order valence-corrected chi connectivity index (χ4v) is 2.42. The van der Waals surface area contributed by atoms with Crippen molar-refractivity contribution in [3.05, 3.63) is 11.8 Å². The number of rotatable bonds is 6. The van der Waals surface area contributed by atoms with Crippen LogP contribution in [0.2, 0.25) is 0 Å². The molecule has 21 heavy (non-hydrogen) atoms. The molecule has 0 spiro atoms. The molecule has 1 aromatic rings. The van der Waals surface area contributed by atoms with E-state index in [0.717, 1.165) is 37.6 Å². The summed E-state index contributed by atoms with van der Waals surface area (Å²) in [6, 6.07) is 1.88. The van der Waals surface area contributed by atoms with Gasteiger partial charge in [0, 0.05) is 31.4 Å². The van der Waals surface area contributed by atoms with Crippen LogP contribution in [0.3, 0.4) is 0 Å². The Labute approximate surface area is 126 Å². The molecular formula is C15H26N4O2. The second-order valence-electron chi connectivity index (χ2n) is 5.66. The molecule has 1 aliphatic heterocycles. The lowest BCUT2D eigenvalue weighted by Crippen LogP contribution is -2.38. The first kappa shape index (κ1) is 16.0. The van der Waals surface area contributed by atoms with Gasteiger partial charge >= 0.3 is 0 Å². The molecule has 0 aromatic carbocycles. The minimum atomic E-state index is 0.113. The number of piperidine rings is 1. The van der Waals surface area contributed by atoms with Crippen molar-refractivity contribution in [2.75, 3.05) is 31.1 Å². The summed E-state index contributed by atoms with van der Waals surface area (Å²) < 4.78 is 11.4. The van der Waals surface area contributed by atoms with Crippen LogP contribution in [-0.4, -0.2) is 48.4 Å². The summed E-state index contributed by atoms with van der Waals surface area (Å²) in [4.78, 5) is 11.2. The third kappa shape index (κ3) is 4.82. The number of aromatic nitrogens is 2. The Morgan fingerprint density at radius 1 is 1.33 bits per heavy atom. The van der Waals surface area contributed by atoms with Gasteiger partial charge < -0.3 is 20.1 Å². The Morgan fingerprint density at radius 2 is 2.05 bits per heavy atom. The average molecular weight is 294 g/mol. The van der Waals surface area contributed by atoms with Crippen LogP contribution < -0.4 is 15.4 Å². The van der Waals surface area contributed by atoms with E-state index in [-0.39, 0.29) is 6.10 Å². The molecule has 2 N–H and O–H groups in total. The van der Waals surface area contributed by atoms with Gasteiger partial charge in [0.2, 0.25) is 11.8 Å². The zero-order valence-electron chi connectivity index (χ0n) is 13.2. The minimum absolute atomic E-state index is 0.113. The van der Waals surface area contributed by atoms with E-state index >= 15 is 0 Å². The lowest BCUT2D eigenvalue weighted by atomic mass is 10.1. The first-order valence-corrected chi connectivity index (χ1v) is 7.67. The highest BCUT2D eigenvalue weighted by Crippen LogP contribution is 2.21. The maximum atomic E-state index is 5.70. The van der Waals surface area contributed by atoms with E-state index in [2.05, 4.69) is 14.9 Å². The molecule has 0 amide bonds. The summed E-state index contributed by atoms with van der Waals surface area (Å²) in [5.74, 6) is 1.40. The van der Waals surface area contributed by atoms with Gasteiger partial charge in [-0.25, -0.2) is 4.98 Å². The third-order valence-electron chi connectivity index (χ3n) is 3.37. The predicted molar refractivity (Wildman–Crippen MR) is 82.8 cm³/mol. The van der Waals surface area contributed by atoms with Crippen molar-refractivity contribution >= 4 is 5.95 Å². The molecule has 0 aliphatic carbocycles. The van der Waals surface area contributed by atoms with Gasteiger partial charge in [-0.3, -0.25) is 0 Å². The van der Waals surface area contributed by atoms with E-state index in [9.17, 15) is 0 Å². The zero-order chi connectivity index (χ0) is 15.2. The standard InChI is InChI=1S/C15H26N4O2/c1-11(2)21-14-10-12(3)17-15(18-14)19-7-4-13(5-8-19)20-9-6-16/h10-11,13H,4-9,16H2,1-3H3. The number of nitrogens with zero attached hydrogens (tertiary/aromatic N) is 3. The van der Waals surface area contributed by atoms with Crippen molar-refractivity contribution in [1.29, 1.82) is 0 Å². The highest BCUT2D eigenvalue weighted by atomic mass is 16.5. The average Bonchev–Trinajstić information content (AvgIpc) is 2.44. The Morgan fingerprint density at radius 3 is 2.67 bits per heavy atom. The largest absolute Gasteiger partial charge is 0.475 e. The molecule has 1 aliphatic rings. The molecule has 6 nitrogen and oxygen atoms in total. The summed E-state index contributed by atoms with van der Waals surface area (Å²) in [5.41, 5.74) is 6.40. The second kappa shape index (κ2) is 7.56. The van der Waals surface area contributed by atoms with Gasteiger partial charge in [-0.15, -0.1) is 0 Å². The molecule has 0 radical (unpaired) electrons. The number of aryl methyl sites for hydroxylation is 1. The highest BCUT2D eigenvalue weighted by molar-refractivity contribution is 5.35. The molecule has 2 rings (SSSR count). The summed E-state index contributed by atoms with van der Waals surface area (Å²) in [7, 11) is 0. The molecule has 0 bridgehead atoms. The lowest BCUT2D eigenvalue weighted by Gasteiger charge is -2.32. The number of anilines is 1. The third-order valence-corrected chi connectivity index (χ3v) is 3.37. The van der Waals surface area contributed by atoms with Crippen LogP contribution in [0.4, 0.5) is 5.95 Å². The van der Waals surface area contributed by atoms with Crippen LogP contribution in [0, 0.1) is 6.92 Å². The lowest BCUT2D eigenvalue weighted by molar-refractivity contribution is 0.0420. The molecule has 118 valence electrons. The SMILES string of the molecule is Cc1cc(OC(C)C)nc(N2CCC(OCCN)CC2)n1. The number of ether oxygens (including phenoxy) is 2. The van der Waals surface area contributed by atoms with Crippen LogP contribution in [0.25, 0.3) is 0 Å². The molecule has 1 fully saturated rings. The van der Waals surface area contributed by atoms with E-state index in [4.69, 9.17) is 15.2 Å². The molecule has 0 atom stereocenters. The molecule has 2 heterocycles. The quantitative estimate of drug-likeness (QED) is 0.857. The van der Waals surface area contributed by atoms with Crippen LogP contribution >= 0.6 is 0 Å². The maximum absolute atomic E-state index is 5.70. The van der Waals surface area contributed by atoms with E-state index in [0.29, 0.717) is 25.1 Å². The van der Waals surface area contributed by atoms with Crippen molar-refractivity contribution in [2.24, 2.45) is 5.73 Å². The molecule has 0 unspecified atom stereocenters. The monoisotopic (exact) mass is 294 g/mol. The van der Waals surface area contributed by atoms with E-state index in [1.165, 1.54) is 0 Å². The van der Waals surface area contributed by atoms with Gasteiger partial charge in [-0.05, 0) is 33.6 Å². The van der Waals surface area contributed by atoms with E-state index in [1.807, 2.05) is 26.8 Å². The van der Waals surface area contributed by atoms with Gasteiger partial charge in [-0.2, -0.15) is 4.98 Å². The van der Waals surface area contributed by atoms with E-state index < -0.39 is 0 Å². The number of nitrogens with two attached hydrogens (primary N) is 1. The Kier molecular flexibility index (Phi) is 5.76. The summed E-state index contributed by atoms with van der Waals surface area (Å²) >= 11 is 0. The van der Waals surface area contributed by atoms with Crippen molar-refractivity contribution in [1.82, 2.24) is 9.97 Å². The predicted octanol–water partition coefficient (Wildman–Crippen LogP) is 1.52. The molecular weight excluding hydrogens is 268 g/mol. The topological polar surface area (TPSA) is 73.5 Å². The Bertz CT molecular complexity index is 445. The van der Waals surface area contributed by atoms with Crippen molar-refractivity contribution in [3.63, 3.8) is 0 Å². The fourth-order valence-electron chi connectivity index (χ4n) is 2.42. The molecule has 1 saturated heterocycles. The van der Waals surface area contributed by atoms with E-state index in [1.54, 1.807) is 0 Å². The first-order valence-electron chi connectivity index (χ1n) is 7.67. The van der Waals surface area contributed by atoms with Crippen LogP contribution in [0.15, 0.2) is 6.07 Å². The van der Waals surface area contributed by atoms with Gasteiger partial charge in [0.15, 0.2) is 0 Å². The van der Waals surface area contributed by atoms with Gasteiger partial charge in [-0.1, -0.05) is 0 Å². The Hall–Kier alpha value is -1.40. The van der Waals surface area contributed by atoms with Gasteiger partial charge in [0.05, 0.1) is 18.8 Å². The maximum Gasteiger partial charge on any atom is 0.228 e. The number of hydrogen-bond acceptors (Lipinski definition) is 6. The van der Waals surface area contributed by atoms with Gasteiger partial charge in [0.25, 0.3) is 0 Å². The fraction of sp³-hybridized carbons (Fsp3) is 0.733. The summed E-state index contributed by atoms with van der Waals surface area (Å²) in [6.45, 7) is 8.99. The minimum Gasteiger partial charge on any atom is -0.475 e. The van der Waals surface area contributed by atoms with Gasteiger partial charge in [0.1, 0.15) is 0 Å². The first-order chi connectivity index (χ1) is 10.1. The molecule has 0 saturated carbocycles. The van der Waals surface area contributed by atoms with Crippen LogP contribution in [0.1, 0.15) is 32.4 Å². The van der Waals surface area contributed by atoms with Crippen LogP contribution in [0.5, 0.6) is 5.88 Å². The zero-order valence-corrected chi connectivity index (χ0v) is 13.2. The summed E-state index contributed by atoms with van der Waals surface area (Å²) in [6.07, 6.45) is 2.39. The Balaban J connectivity index is 1.97. The second-order valence-corrected chi connectivity index (χ2v) is 5.66. The molecule has 1 aromatic heterocycles. The molecule has 6 heteroatoms. The smallest absolute Gasteiger partial charge is 0.228 e. The number of hydrogen-bond donors (Lipinski definition) is 1. The normalized spacial score (nSPS) is 16.5. The van der Waals surface area contributed by atoms with Crippen molar-refractivity contribution in [2.45, 2.75) is 45.8 Å². The van der Waals surface area contributed by atoms with Crippen LogP contribution in [-0.2, 0) is 4.74 Å². The van der Waals surface area contributed by atoms with Crippen molar-refractivity contribution in [3.8, 4) is 5.88 Å². The summed E-state index contributed by atoms with van der Waals surface area (Å²) in [5, 5.41) is 0.